The minimum Gasteiger partial charge on any atom is -0.393 e. The summed E-state index contributed by atoms with van der Waals surface area (Å²) in [5.41, 5.74) is 2.10. The van der Waals surface area contributed by atoms with E-state index in [1.165, 1.54) is 0 Å². The second kappa shape index (κ2) is 8.16. The normalized spacial score (nSPS) is 19.8. The summed E-state index contributed by atoms with van der Waals surface area (Å²) in [6.45, 7) is 1.18. The molecule has 1 aliphatic carbocycles. The number of aromatic nitrogens is 2. The van der Waals surface area contributed by atoms with Crippen LogP contribution < -0.4 is 5.32 Å². The maximum Gasteiger partial charge on any atom is 0.317 e. The molecular formula is C19H26N4O2. The molecule has 2 N–H and O–H groups in total. The summed E-state index contributed by atoms with van der Waals surface area (Å²) in [4.78, 5) is 13.8. The molecule has 0 radical (unpaired) electrons. The fourth-order valence-corrected chi connectivity index (χ4v) is 3.32. The first-order valence-electron chi connectivity index (χ1n) is 8.89. The van der Waals surface area contributed by atoms with Crippen molar-refractivity contribution in [3.63, 3.8) is 0 Å². The summed E-state index contributed by atoms with van der Waals surface area (Å²) >= 11 is 0. The van der Waals surface area contributed by atoms with E-state index in [1.54, 1.807) is 11.9 Å². The zero-order valence-electron chi connectivity index (χ0n) is 14.6. The third kappa shape index (κ3) is 4.60. The SMILES string of the molecule is CN(CC1CCCC1O)C(=O)NCCc1cnn(-c2ccccc2)c1. The van der Waals surface area contributed by atoms with Gasteiger partial charge in [0.1, 0.15) is 0 Å². The quantitative estimate of drug-likeness (QED) is 0.846. The Hall–Kier alpha value is -2.34. The van der Waals surface area contributed by atoms with Gasteiger partial charge in [-0.05, 0) is 37.0 Å². The first-order valence-corrected chi connectivity index (χ1v) is 8.89. The highest BCUT2D eigenvalue weighted by Gasteiger charge is 2.27. The zero-order chi connectivity index (χ0) is 17.6. The fraction of sp³-hybridized carbons (Fsp3) is 0.474. The molecule has 25 heavy (non-hydrogen) atoms. The fourth-order valence-electron chi connectivity index (χ4n) is 3.32. The summed E-state index contributed by atoms with van der Waals surface area (Å²) in [5, 5.41) is 17.2. The monoisotopic (exact) mass is 342 g/mol. The highest BCUT2D eigenvalue weighted by molar-refractivity contribution is 5.73. The van der Waals surface area contributed by atoms with Gasteiger partial charge in [0.05, 0.1) is 18.0 Å². The van der Waals surface area contributed by atoms with Gasteiger partial charge >= 0.3 is 6.03 Å². The lowest BCUT2D eigenvalue weighted by atomic mass is 10.1. The highest BCUT2D eigenvalue weighted by atomic mass is 16.3. The summed E-state index contributed by atoms with van der Waals surface area (Å²) in [6.07, 6.45) is 7.19. The third-order valence-corrected chi connectivity index (χ3v) is 4.82. The summed E-state index contributed by atoms with van der Waals surface area (Å²) in [5.74, 6) is 0.208. The molecule has 1 aliphatic rings. The van der Waals surface area contributed by atoms with E-state index in [0.717, 1.165) is 36.9 Å². The Balaban J connectivity index is 1.43. The van der Waals surface area contributed by atoms with Crippen LogP contribution in [-0.2, 0) is 6.42 Å². The Morgan fingerprint density at radius 2 is 2.16 bits per heavy atom. The molecular weight excluding hydrogens is 316 g/mol. The molecule has 2 atom stereocenters. The Labute approximate surface area is 148 Å². The molecule has 134 valence electrons. The predicted molar refractivity (Wildman–Crippen MR) is 96.6 cm³/mol. The number of nitrogens with zero attached hydrogens (tertiary/aromatic N) is 3. The van der Waals surface area contributed by atoms with Crippen molar-refractivity contribution in [1.29, 1.82) is 0 Å². The van der Waals surface area contributed by atoms with Crippen molar-refractivity contribution in [2.24, 2.45) is 5.92 Å². The molecule has 6 heteroatoms. The largest absolute Gasteiger partial charge is 0.393 e. The van der Waals surface area contributed by atoms with Crippen molar-refractivity contribution >= 4 is 6.03 Å². The second-order valence-corrected chi connectivity index (χ2v) is 6.75. The van der Waals surface area contributed by atoms with Crippen LogP contribution in [0, 0.1) is 5.92 Å². The Morgan fingerprint density at radius 1 is 1.36 bits per heavy atom. The van der Waals surface area contributed by atoms with E-state index in [4.69, 9.17) is 0 Å². The van der Waals surface area contributed by atoms with Gasteiger partial charge in [-0.15, -0.1) is 0 Å². The maximum absolute atomic E-state index is 12.2. The van der Waals surface area contributed by atoms with E-state index in [0.29, 0.717) is 13.1 Å². The van der Waals surface area contributed by atoms with Gasteiger partial charge in [-0.25, -0.2) is 9.48 Å². The molecule has 3 rings (SSSR count). The minimum atomic E-state index is -0.265. The van der Waals surface area contributed by atoms with Gasteiger partial charge < -0.3 is 15.3 Å². The molecule has 2 aromatic rings. The molecule has 1 heterocycles. The molecule has 6 nitrogen and oxygen atoms in total. The van der Waals surface area contributed by atoms with Crippen LogP contribution in [0.4, 0.5) is 4.79 Å². The first kappa shape index (κ1) is 17.5. The lowest BCUT2D eigenvalue weighted by Crippen LogP contribution is -2.41. The van der Waals surface area contributed by atoms with Gasteiger partial charge in [-0.3, -0.25) is 0 Å². The predicted octanol–water partition coefficient (Wildman–Crippen LogP) is 2.22. The average molecular weight is 342 g/mol. The number of benzene rings is 1. The smallest absolute Gasteiger partial charge is 0.317 e. The van der Waals surface area contributed by atoms with Gasteiger partial charge in [0, 0.05) is 32.3 Å². The maximum atomic E-state index is 12.2. The molecule has 1 aromatic carbocycles. The van der Waals surface area contributed by atoms with Crippen molar-refractivity contribution in [3.05, 3.63) is 48.3 Å². The van der Waals surface area contributed by atoms with Crippen LogP contribution in [0.3, 0.4) is 0 Å². The molecule has 1 saturated carbocycles. The number of hydrogen-bond donors (Lipinski definition) is 2. The molecule has 0 saturated heterocycles. The standard InChI is InChI=1S/C19H26N4O2/c1-22(14-16-6-5-9-18(16)24)19(25)20-11-10-15-12-21-23(13-15)17-7-3-2-4-8-17/h2-4,7-8,12-13,16,18,24H,5-6,9-11,14H2,1H3,(H,20,25). The van der Waals surface area contributed by atoms with Crippen LogP contribution >= 0.6 is 0 Å². The van der Waals surface area contributed by atoms with Gasteiger partial charge in [0.15, 0.2) is 0 Å². The number of carbonyl (C=O) groups excluding carboxylic acids is 1. The molecule has 2 unspecified atom stereocenters. The topological polar surface area (TPSA) is 70.4 Å². The van der Waals surface area contributed by atoms with E-state index in [-0.39, 0.29) is 18.1 Å². The van der Waals surface area contributed by atoms with Crippen molar-refractivity contribution in [3.8, 4) is 5.69 Å². The number of hydrogen-bond acceptors (Lipinski definition) is 3. The van der Waals surface area contributed by atoms with E-state index in [1.807, 2.05) is 47.4 Å². The number of aliphatic hydroxyl groups excluding tert-OH is 1. The average Bonchev–Trinajstić information content (AvgIpc) is 3.25. The van der Waals surface area contributed by atoms with Gasteiger partial charge in [0.25, 0.3) is 0 Å². The third-order valence-electron chi connectivity index (χ3n) is 4.82. The van der Waals surface area contributed by atoms with E-state index in [2.05, 4.69) is 10.4 Å². The Kier molecular flexibility index (Phi) is 5.71. The molecule has 2 amide bonds. The first-order chi connectivity index (χ1) is 12.1. The molecule has 1 aromatic heterocycles. The van der Waals surface area contributed by atoms with Crippen LogP contribution in [0.2, 0.25) is 0 Å². The van der Waals surface area contributed by atoms with Gasteiger partial charge in [0.2, 0.25) is 0 Å². The van der Waals surface area contributed by atoms with Crippen molar-refractivity contribution in [2.45, 2.75) is 31.8 Å². The highest BCUT2D eigenvalue weighted by Crippen LogP contribution is 2.25. The number of carbonyl (C=O) groups is 1. The summed E-state index contributed by atoms with van der Waals surface area (Å²) < 4.78 is 1.84. The number of amides is 2. The van der Waals surface area contributed by atoms with Crippen molar-refractivity contribution in [2.75, 3.05) is 20.1 Å². The van der Waals surface area contributed by atoms with Crippen LogP contribution in [-0.4, -0.2) is 52.1 Å². The lowest BCUT2D eigenvalue weighted by Gasteiger charge is -2.23. The van der Waals surface area contributed by atoms with Crippen LogP contribution in [0.25, 0.3) is 5.69 Å². The molecule has 0 bridgehead atoms. The van der Waals surface area contributed by atoms with Gasteiger partial charge in [-0.2, -0.15) is 5.10 Å². The number of rotatable bonds is 6. The lowest BCUT2D eigenvalue weighted by molar-refractivity contribution is 0.114. The van der Waals surface area contributed by atoms with E-state index < -0.39 is 0 Å². The van der Waals surface area contributed by atoms with Crippen molar-refractivity contribution < 1.29 is 9.90 Å². The zero-order valence-corrected chi connectivity index (χ0v) is 14.6. The van der Waals surface area contributed by atoms with Crippen LogP contribution in [0.1, 0.15) is 24.8 Å². The molecule has 0 spiro atoms. The summed E-state index contributed by atoms with van der Waals surface area (Å²) in [6, 6.07) is 9.86. The second-order valence-electron chi connectivity index (χ2n) is 6.75. The molecule has 1 fully saturated rings. The van der Waals surface area contributed by atoms with E-state index >= 15 is 0 Å². The van der Waals surface area contributed by atoms with Crippen molar-refractivity contribution in [1.82, 2.24) is 20.0 Å². The van der Waals surface area contributed by atoms with E-state index in [9.17, 15) is 9.90 Å². The van der Waals surface area contributed by atoms with Gasteiger partial charge in [-0.1, -0.05) is 24.6 Å². The van der Waals surface area contributed by atoms with Crippen LogP contribution in [0.5, 0.6) is 0 Å². The van der Waals surface area contributed by atoms with Crippen LogP contribution in [0.15, 0.2) is 42.7 Å². The minimum absolute atomic E-state index is 0.0884. The number of para-hydroxylation sites is 1. The Bertz CT molecular complexity index is 686. The molecule has 0 aliphatic heterocycles. The Morgan fingerprint density at radius 3 is 2.88 bits per heavy atom. The number of nitrogens with one attached hydrogen (secondary N) is 1. The number of urea groups is 1. The number of aliphatic hydroxyl groups is 1. The summed E-state index contributed by atoms with van der Waals surface area (Å²) in [7, 11) is 1.79.